The van der Waals surface area contributed by atoms with E-state index >= 15 is 0 Å². The lowest BCUT2D eigenvalue weighted by Gasteiger charge is -2.07. The molecular formula is C14H11BrN2OS. The quantitative estimate of drug-likeness (QED) is 0.729. The summed E-state index contributed by atoms with van der Waals surface area (Å²) in [6.45, 7) is 0.436. The molecule has 3 aromatic rings. The summed E-state index contributed by atoms with van der Waals surface area (Å²) in [5.74, 6) is 0.683. The molecule has 1 aromatic heterocycles. The summed E-state index contributed by atoms with van der Waals surface area (Å²) in [5.41, 5.74) is 7.52. The van der Waals surface area contributed by atoms with Crippen LogP contribution in [0, 0.1) is 0 Å². The number of rotatable bonds is 3. The van der Waals surface area contributed by atoms with E-state index in [0.717, 1.165) is 15.0 Å². The second-order valence-electron chi connectivity index (χ2n) is 4.05. The minimum absolute atomic E-state index is 0.436. The molecule has 5 heteroatoms. The molecule has 2 aromatic carbocycles. The van der Waals surface area contributed by atoms with Crippen molar-refractivity contribution in [3.05, 3.63) is 51.9 Å². The summed E-state index contributed by atoms with van der Waals surface area (Å²) in [6.07, 6.45) is 0. The molecule has 0 aliphatic heterocycles. The van der Waals surface area contributed by atoms with Gasteiger partial charge in [0.1, 0.15) is 17.4 Å². The molecule has 3 nitrogen and oxygen atoms in total. The number of fused-ring (bicyclic) bond motifs is 1. The monoisotopic (exact) mass is 334 g/mol. The predicted octanol–water partition coefficient (Wildman–Crippen LogP) is 4.22. The summed E-state index contributed by atoms with van der Waals surface area (Å²) in [6, 6.07) is 13.6. The molecule has 96 valence electrons. The van der Waals surface area contributed by atoms with Crippen molar-refractivity contribution in [1.82, 2.24) is 4.98 Å². The van der Waals surface area contributed by atoms with Gasteiger partial charge in [0.05, 0.1) is 15.9 Å². The first-order valence-electron chi connectivity index (χ1n) is 5.74. The average molecular weight is 335 g/mol. The van der Waals surface area contributed by atoms with Crippen LogP contribution in [-0.4, -0.2) is 4.98 Å². The first-order chi connectivity index (χ1) is 9.22. The Hall–Kier alpha value is -1.59. The predicted molar refractivity (Wildman–Crippen MR) is 82.5 cm³/mol. The Labute approximate surface area is 123 Å². The maximum Gasteiger partial charge on any atom is 0.142 e. The van der Waals surface area contributed by atoms with Crippen molar-refractivity contribution >= 4 is 43.2 Å². The molecule has 0 aliphatic carbocycles. The topological polar surface area (TPSA) is 48.1 Å². The second kappa shape index (κ2) is 5.19. The summed E-state index contributed by atoms with van der Waals surface area (Å²) < 4.78 is 7.82. The highest BCUT2D eigenvalue weighted by Crippen LogP contribution is 2.27. The Morgan fingerprint density at radius 2 is 2.05 bits per heavy atom. The number of nitrogens with two attached hydrogens (primary N) is 1. The Balaban J connectivity index is 1.78. The lowest BCUT2D eigenvalue weighted by atomic mass is 10.3. The maximum absolute atomic E-state index is 5.89. The van der Waals surface area contributed by atoms with Crippen LogP contribution in [0.3, 0.4) is 0 Å². The van der Waals surface area contributed by atoms with Crippen molar-refractivity contribution in [3.8, 4) is 5.75 Å². The highest BCUT2D eigenvalue weighted by atomic mass is 79.9. The Bertz CT molecular complexity index is 693. The van der Waals surface area contributed by atoms with E-state index in [1.54, 1.807) is 11.3 Å². The normalized spacial score (nSPS) is 10.8. The van der Waals surface area contributed by atoms with Crippen molar-refractivity contribution in [3.63, 3.8) is 0 Å². The van der Waals surface area contributed by atoms with E-state index in [2.05, 4.69) is 27.0 Å². The van der Waals surface area contributed by atoms with Crippen LogP contribution in [-0.2, 0) is 6.61 Å². The molecule has 0 amide bonds. The fraction of sp³-hybridized carbons (Fsp3) is 0.0714. The zero-order valence-electron chi connectivity index (χ0n) is 9.97. The molecule has 0 unspecified atom stereocenters. The third kappa shape index (κ3) is 2.72. The molecule has 3 rings (SSSR count). The SMILES string of the molecule is Nc1cc(Br)ccc1OCc1nc2ccccc2s1. The molecule has 2 N–H and O–H groups in total. The van der Waals surface area contributed by atoms with Crippen molar-refractivity contribution < 1.29 is 4.74 Å². The van der Waals surface area contributed by atoms with Gasteiger partial charge in [0, 0.05) is 4.47 Å². The van der Waals surface area contributed by atoms with Crippen LogP contribution in [0.4, 0.5) is 5.69 Å². The van der Waals surface area contributed by atoms with E-state index in [9.17, 15) is 0 Å². The summed E-state index contributed by atoms with van der Waals surface area (Å²) in [4.78, 5) is 4.52. The molecule has 0 aliphatic rings. The first-order valence-corrected chi connectivity index (χ1v) is 7.35. The number of thiazole rings is 1. The van der Waals surface area contributed by atoms with Crippen LogP contribution in [0.5, 0.6) is 5.75 Å². The van der Waals surface area contributed by atoms with Crippen molar-refractivity contribution in [2.75, 3.05) is 5.73 Å². The zero-order chi connectivity index (χ0) is 13.2. The number of anilines is 1. The molecule has 0 atom stereocenters. The maximum atomic E-state index is 5.89. The molecule has 0 spiro atoms. The lowest BCUT2D eigenvalue weighted by molar-refractivity contribution is 0.307. The van der Waals surface area contributed by atoms with Crippen LogP contribution >= 0.6 is 27.3 Å². The van der Waals surface area contributed by atoms with E-state index in [1.807, 2.05) is 36.4 Å². The zero-order valence-corrected chi connectivity index (χ0v) is 12.4. The molecule has 0 radical (unpaired) electrons. The van der Waals surface area contributed by atoms with Gasteiger partial charge in [-0.2, -0.15) is 0 Å². The van der Waals surface area contributed by atoms with Crippen LogP contribution in [0.1, 0.15) is 5.01 Å². The van der Waals surface area contributed by atoms with E-state index in [4.69, 9.17) is 10.5 Å². The third-order valence-corrected chi connectivity index (χ3v) is 4.16. The highest BCUT2D eigenvalue weighted by molar-refractivity contribution is 9.10. The highest BCUT2D eigenvalue weighted by Gasteiger charge is 2.06. The van der Waals surface area contributed by atoms with Crippen molar-refractivity contribution in [2.24, 2.45) is 0 Å². The number of para-hydroxylation sites is 1. The lowest BCUT2D eigenvalue weighted by Crippen LogP contribution is -1.98. The van der Waals surface area contributed by atoms with Crippen molar-refractivity contribution in [1.29, 1.82) is 0 Å². The van der Waals surface area contributed by atoms with Crippen LogP contribution in [0.2, 0.25) is 0 Å². The van der Waals surface area contributed by atoms with E-state index in [1.165, 1.54) is 4.70 Å². The van der Waals surface area contributed by atoms with Gasteiger partial charge in [-0.1, -0.05) is 28.1 Å². The van der Waals surface area contributed by atoms with Gasteiger partial charge in [0.25, 0.3) is 0 Å². The molecule has 1 heterocycles. The second-order valence-corrected chi connectivity index (χ2v) is 6.08. The summed E-state index contributed by atoms with van der Waals surface area (Å²) >= 11 is 5.01. The molecule has 0 saturated carbocycles. The number of hydrogen-bond donors (Lipinski definition) is 1. The van der Waals surface area contributed by atoms with Gasteiger partial charge < -0.3 is 10.5 Å². The Morgan fingerprint density at radius 3 is 2.84 bits per heavy atom. The summed E-state index contributed by atoms with van der Waals surface area (Å²) in [5, 5.41) is 0.948. The van der Waals surface area contributed by atoms with Crippen LogP contribution in [0.15, 0.2) is 46.9 Å². The number of aromatic nitrogens is 1. The molecular weight excluding hydrogens is 324 g/mol. The van der Waals surface area contributed by atoms with Crippen molar-refractivity contribution in [2.45, 2.75) is 6.61 Å². The van der Waals surface area contributed by atoms with Gasteiger partial charge in [-0.3, -0.25) is 0 Å². The Morgan fingerprint density at radius 1 is 1.21 bits per heavy atom. The minimum Gasteiger partial charge on any atom is -0.484 e. The van der Waals surface area contributed by atoms with E-state index in [0.29, 0.717) is 18.0 Å². The molecule has 19 heavy (non-hydrogen) atoms. The van der Waals surface area contributed by atoms with Gasteiger partial charge in [0.15, 0.2) is 0 Å². The number of halogens is 1. The van der Waals surface area contributed by atoms with Gasteiger partial charge in [-0.15, -0.1) is 11.3 Å². The fourth-order valence-electron chi connectivity index (χ4n) is 1.77. The van der Waals surface area contributed by atoms with Crippen LogP contribution < -0.4 is 10.5 Å². The van der Waals surface area contributed by atoms with Gasteiger partial charge in [-0.05, 0) is 30.3 Å². The van der Waals surface area contributed by atoms with E-state index in [-0.39, 0.29) is 0 Å². The minimum atomic E-state index is 0.436. The first kappa shape index (κ1) is 12.4. The molecule has 0 saturated heterocycles. The van der Waals surface area contributed by atoms with Gasteiger partial charge >= 0.3 is 0 Å². The largest absolute Gasteiger partial charge is 0.484 e. The third-order valence-electron chi connectivity index (χ3n) is 2.66. The standard InChI is InChI=1S/C14H11BrN2OS/c15-9-5-6-12(10(16)7-9)18-8-14-17-11-3-1-2-4-13(11)19-14/h1-7H,8,16H2. The number of ether oxygens (including phenoxy) is 1. The number of nitrogen functional groups attached to an aromatic ring is 1. The molecule has 0 bridgehead atoms. The number of benzene rings is 2. The van der Waals surface area contributed by atoms with Gasteiger partial charge in [0.2, 0.25) is 0 Å². The Kier molecular flexibility index (Phi) is 3.40. The fourth-order valence-corrected chi connectivity index (χ4v) is 3.03. The van der Waals surface area contributed by atoms with E-state index < -0.39 is 0 Å². The summed E-state index contributed by atoms with van der Waals surface area (Å²) in [7, 11) is 0. The average Bonchev–Trinajstić information content (AvgIpc) is 2.80. The number of nitrogens with zero attached hydrogens (tertiary/aromatic N) is 1. The van der Waals surface area contributed by atoms with Crippen LogP contribution in [0.25, 0.3) is 10.2 Å². The number of hydrogen-bond acceptors (Lipinski definition) is 4. The van der Waals surface area contributed by atoms with Gasteiger partial charge in [-0.25, -0.2) is 4.98 Å². The molecule has 0 fully saturated rings. The smallest absolute Gasteiger partial charge is 0.142 e.